The first-order valence-electron chi connectivity index (χ1n) is 8.02. The van der Waals surface area contributed by atoms with Crippen LogP contribution in [0.1, 0.15) is 56.3 Å². The summed E-state index contributed by atoms with van der Waals surface area (Å²) < 4.78 is 15.0. The Balaban J connectivity index is 2.64. The van der Waals surface area contributed by atoms with E-state index in [1.54, 1.807) is 18.2 Å². The number of ether oxygens (including phenoxy) is 3. The van der Waals surface area contributed by atoms with E-state index < -0.39 is 24.0 Å². The number of hydrogen-bond donors (Lipinski definition) is 0. The number of methoxy groups -OCH3 is 1. The number of esters is 3. The second-order valence-corrected chi connectivity index (χ2v) is 5.42. The van der Waals surface area contributed by atoms with Crippen LogP contribution in [0.4, 0.5) is 0 Å². The summed E-state index contributed by atoms with van der Waals surface area (Å²) in [6.07, 6.45) is 3.02. The molecule has 0 aromatic heterocycles. The third-order valence-corrected chi connectivity index (χ3v) is 3.34. The highest BCUT2D eigenvalue weighted by molar-refractivity contribution is 5.90. The van der Waals surface area contributed by atoms with Gasteiger partial charge >= 0.3 is 17.9 Å². The highest BCUT2D eigenvalue weighted by Gasteiger charge is 2.18. The molecule has 6 nitrogen and oxygen atoms in total. The van der Waals surface area contributed by atoms with Crippen molar-refractivity contribution in [2.75, 3.05) is 7.11 Å². The van der Waals surface area contributed by atoms with E-state index in [0.717, 1.165) is 19.3 Å². The molecule has 0 aliphatic carbocycles. The average molecular weight is 336 g/mol. The van der Waals surface area contributed by atoms with Gasteiger partial charge in [0.2, 0.25) is 0 Å². The Kier molecular flexibility index (Phi) is 8.54. The van der Waals surface area contributed by atoms with Crippen LogP contribution in [-0.4, -0.2) is 31.1 Å². The normalized spacial score (nSPS) is 11.5. The molecule has 24 heavy (non-hydrogen) atoms. The first kappa shape index (κ1) is 19.7. The maximum atomic E-state index is 12.1. The fourth-order valence-corrected chi connectivity index (χ4v) is 2.22. The van der Waals surface area contributed by atoms with Crippen molar-refractivity contribution in [3.63, 3.8) is 0 Å². The standard InChI is InChI=1S/C18H24O6/c1-4-5-6-9-16(23-13(2)19)12-17(20)24-15-10-7-8-14(11-15)18(21)22-3/h7-8,10-11,16H,4-6,9,12H2,1-3H3. The summed E-state index contributed by atoms with van der Waals surface area (Å²) in [6.45, 7) is 3.39. The monoisotopic (exact) mass is 336 g/mol. The molecule has 0 aliphatic heterocycles. The van der Waals surface area contributed by atoms with Gasteiger partial charge in [-0.2, -0.15) is 0 Å². The molecule has 0 saturated heterocycles. The summed E-state index contributed by atoms with van der Waals surface area (Å²) in [5.74, 6) is -1.19. The predicted molar refractivity (Wildman–Crippen MR) is 87.7 cm³/mol. The number of unbranched alkanes of at least 4 members (excludes halogenated alkanes) is 2. The SMILES string of the molecule is CCCCCC(CC(=O)Oc1cccc(C(=O)OC)c1)OC(C)=O. The van der Waals surface area contributed by atoms with Crippen molar-refractivity contribution in [2.24, 2.45) is 0 Å². The van der Waals surface area contributed by atoms with Crippen LogP contribution in [0.25, 0.3) is 0 Å². The van der Waals surface area contributed by atoms with Gasteiger partial charge in [-0.25, -0.2) is 4.79 Å². The Morgan fingerprint density at radius 2 is 1.92 bits per heavy atom. The number of benzene rings is 1. The van der Waals surface area contributed by atoms with E-state index in [4.69, 9.17) is 9.47 Å². The van der Waals surface area contributed by atoms with Crippen molar-refractivity contribution < 1.29 is 28.6 Å². The van der Waals surface area contributed by atoms with Gasteiger partial charge in [0.1, 0.15) is 11.9 Å². The maximum absolute atomic E-state index is 12.1. The summed E-state index contributed by atoms with van der Waals surface area (Å²) >= 11 is 0. The molecule has 0 aliphatic rings. The summed E-state index contributed by atoms with van der Waals surface area (Å²) in [5.41, 5.74) is 0.294. The van der Waals surface area contributed by atoms with E-state index in [0.29, 0.717) is 12.0 Å². The highest BCUT2D eigenvalue weighted by Crippen LogP contribution is 2.17. The third-order valence-electron chi connectivity index (χ3n) is 3.34. The molecule has 6 heteroatoms. The van der Waals surface area contributed by atoms with E-state index >= 15 is 0 Å². The topological polar surface area (TPSA) is 78.9 Å². The van der Waals surface area contributed by atoms with Crippen LogP contribution in [0.2, 0.25) is 0 Å². The lowest BCUT2D eigenvalue weighted by molar-refractivity contribution is -0.150. The van der Waals surface area contributed by atoms with Crippen LogP contribution in [0.5, 0.6) is 5.75 Å². The zero-order valence-electron chi connectivity index (χ0n) is 14.4. The van der Waals surface area contributed by atoms with Crippen LogP contribution >= 0.6 is 0 Å². The van der Waals surface area contributed by atoms with Crippen molar-refractivity contribution in [3.05, 3.63) is 29.8 Å². The van der Waals surface area contributed by atoms with Crippen LogP contribution in [0.15, 0.2) is 24.3 Å². The molecule has 1 rings (SSSR count). The lowest BCUT2D eigenvalue weighted by atomic mass is 10.1. The average Bonchev–Trinajstić information content (AvgIpc) is 2.53. The van der Waals surface area contributed by atoms with Crippen molar-refractivity contribution in [1.29, 1.82) is 0 Å². The van der Waals surface area contributed by atoms with Crippen LogP contribution in [-0.2, 0) is 19.1 Å². The van der Waals surface area contributed by atoms with Gasteiger partial charge in [-0.1, -0.05) is 25.8 Å². The molecule has 0 spiro atoms. The molecule has 132 valence electrons. The first-order valence-corrected chi connectivity index (χ1v) is 8.02. The van der Waals surface area contributed by atoms with E-state index in [1.807, 2.05) is 0 Å². The molecule has 1 aromatic rings. The highest BCUT2D eigenvalue weighted by atomic mass is 16.6. The quantitative estimate of drug-likeness (QED) is 0.391. The number of carbonyl (C=O) groups excluding carboxylic acids is 3. The fraction of sp³-hybridized carbons (Fsp3) is 0.500. The molecular weight excluding hydrogens is 312 g/mol. The lowest BCUT2D eigenvalue weighted by Gasteiger charge is -2.16. The van der Waals surface area contributed by atoms with Gasteiger partial charge in [0.05, 0.1) is 19.1 Å². The zero-order valence-corrected chi connectivity index (χ0v) is 14.4. The summed E-state index contributed by atoms with van der Waals surface area (Å²) in [4.78, 5) is 34.7. The Bertz CT molecular complexity index is 566. The van der Waals surface area contributed by atoms with Crippen molar-refractivity contribution in [1.82, 2.24) is 0 Å². The third kappa shape index (κ3) is 7.26. The molecule has 0 N–H and O–H groups in total. The number of hydrogen-bond acceptors (Lipinski definition) is 6. The van der Waals surface area contributed by atoms with Crippen molar-refractivity contribution >= 4 is 17.9 Å². The minimum Gasteiger partial charge on any atom is -0.465 e. The molecule has 0 saturated carbocycles. The van der Waals surface area contributed by atoms with Crippen LogP contribution < -0.4 is 4.74 Å². The zero-order chi connectivity index (χ0) is 17.9. The van der Waals surface area contributed by atoms with E-state index in [-0.39, 0.29) is 12.2 Å². The number of carbonyl (C=O) groups is 3. The largest absolute Gasteiger partial charge is 0.465 e. The minimum atomic E-state index is -0.514. The molecule has 0 bridgehead atoms. The smallest absolute Gasteiger partial charge is 0.337 e. The van der Waals surface area contributed by atoms with E-state index in [2.05, 4.69) is 11.7 Å². The molecule has 1 atom stereocenters. The van der Waals surface area contributed by atoms with Gasteiger partial charge < -0.3 is 14.2 Å². The Hall–Kier alpha value is -2.37. The van der Waals surface area contributed by atoms with Crippen molar-refractivity contribution in [3.8, 4) is 5.75 Å². The second-order valence-electron chi connectivity index (χ2n) is 5.42. The van der Waals surface area contributed by atoms with Crippen LogP contribution in [0, 0.1) is 0 Å². The molecule has 1 unspecified atom stereocenters. The van der Waals surface area contributed by atoms with Crippen molar-refractivity contribution in [2.45, 2.75) is 52.1 Å². The predicted octanol–water partition coefficient (Wildman–Crippen LogP) is 3.28. The summed E-state index contributed by atoms with van der Waals surface area (Å²) in [7, 11) is 1.28. The first-order chi connectivity index (χ1) is 11.5. The minimum absolute atomic E-state index is 0.0221. The molecule has 0 heterocycles. The van der Waals surface area contributed by atoms with Gasteiger partial charge in [-0.05, 0) is 31.0 Å². The molecule has 0 radical (unpaired) electrons. The second kappa shape index (κ2) is 10.4. The molecular formula is C18H24O6. The summed E-state index contributed by atoms with van der Waals surface area (Å²) in [6, 6.07) is 6.17. The van der Waals surface area contributed by atoms with Gasteiger partial charge in [0.25, 0.3) is 0 Å². The van der Waals surface area contributed by atoms with Gasteiger partial charge in [0.15, 0.2) is 0 Å². The van der Waals surface area contributed by atoms with Gasteiger partial charge in [-0.3, -0.25) is 9.59 Å². The number of rotatable bonds is 9. The molecule has 0 fully saturated rings. The molecule has 0 amide bonds. The lowest BCUT2D eigenvalue weighted by Crippen LogP contribution is -2.23. The Labute approximate surface area is 142 Å². The van der Waals surface area contributed by atoms with E-state index in [1.165, 1.54) is 20.1 Å². The Morgan fingerprint density at radius 1 is 1.17 bits per heavy atom. The summed E-state index contributed by atoms with van der Waals surface area (Å²) in [5, 5.41) is 0. The Morgan fingerprint density at radius 3 is 2.54 bits per heavy atom. The van der Waals surface area contributed by atoms with Crippen LogP contribution in [0.3, 0.4) is 0 Å². The maximum Gasteiger partial charge on any atom is 0.337 e. The van der Waals surface area contributed by atoms with E-state index in [9.17, 15) is 14.4 Å². The fourth-order valence-electron chi connectivity index (χ4n) is 2.22. The van der Waals surface area contributed by atoms with Gasteiger partial charge in [-0.15, -0.1) is 0 Å². The molecule has 1 aromatic carbocycles. The van der Waals surface area contributed by atoms with Gasteiger partial charge in [0, 0.05) is 6.92 Å².